The molecule has 0 spiro atoms. The fourth-order valence-electron chi connectivity index (χ4n) is 4.54. The van der Waals surface area contributed by atoms with Gasteiger partial charge in [0.05, 0.1) is 13.2 Å². The highest BCUT2D eigenvalue weighted by Gasteiger charge is 2.50. The van der Waals surface area contributed by atoms with Gasteiger partial charge in [-0.1, -0.05) is 54.5 Å². The van der Waals surface area contributed by atoms with E-state index in [9.17, 15) is 0 Å². The molecule has 0 radical (unpaired) electrons. The average Bonchev–Trinajstić information content (AvgIpc) is 2.60. The van der Waals surface area contributed by atoms with Crippen LogP contribution in [0.3, 0.4) is 0 Å². The minimum atomic E-state index is -0.638. The van der Waals surface area contributed by atoms with Crippen LogP contribution in [-0.2, 0) is 26.1 Å². The Morgan fingerprint density at radius 2 is 1.25 bits per heavy atom. The van der Waals surface area contributed by atoms with Gasteiger partial charge in [0.2, 0.25) is 0 Å². The van der Waals surface area contributed by atoms with Crippen LogP contribution in [0.2, 0.25) is 0 Å². The van der Waals surface area contributed by atoms with Crippen molar-refractivity contribution >= 4 is 0 Å². The van der Waals surface area contributed by atoms with Crippen molar-refractivity contribution in [1.29, 1.82) is 0 Å². The number of aryl methyl sites for hydroxylation is 1. The zero-order chi connectivity index (χ0) is 18.1. The van der Waals surface area contributed by atoms with Gasteiger partial charge in [0.15, 0.2) is 5.79 Å². The van der Waals surface area contributed by atoms with Gasteiger partial charge in [0.25, 0.3) is 0 Å². The lowest BCUT2D eigenvalue weighted by molar-refractivity contribution is -0.298. The number of hydrogen-bond acceptors (Lipinski definition) is 2. The minimum Gasteiger partial charge on any atom is -0.345 e. The van der Waals surface area contributed by atoms with E-state index < -0.39 is 5.79 Å². The largest absolute Gasteiger partial charge is 0.345 e. The average molecular weight is 331 g/mol. The lowest BCUT2D eigenvalue weighted by Crippen LogP contribution is -2.44. The third-order valence-electron chi connectivity index (χ3n) is 6.88. The summed E-state index contributed by atoms with van der Waals surface area (Å²) in [5.74, 6) is -0.0460. The zero-order valence-corrected chi connectivity index (χ0v) is 17.0. The Kier molecular flexibility index (Phi) is 3.80. The summed E-state index contributed by atoms with van der Waals surface area (Å²) < 4.78 is 12.5. The number of fused-ring (bicyclic) bond motifs is 1. The second kappa shape index (κ2) is 5.08. The summed E-state index contributed by atoms with van der Waals surface area (Å²) in [5, 5.41) is 0. The van der Waals surface area contributed by atoms with Gasteiger partial charge in [-0.2, -0.15) is 0 Å². The van der Waals surface area contributed by atoms with Crippen LogP contribution < -0.4 is 0 Å². The van der Waals surface area contributed by atoms with E-state index in [-0.39, 0.29) is 16.2 Å². The molecule has 1 aromatic rings. The molecule has 1 heterocycles. The Labute approximate surface area is 147 Å². The van der Waals surface area contributed by atoms with Crippen LogP contribution in [0.5, 0.6) is 0 Å². The molecule has 0 aromatic heterocycles. The number of rotatable bonds is 1. The van der Waals surface area contributed by atoms with E-state index in [1.54, 1.807) is 0 Å². The maximum atomic E-state index is 6.23. The summed E-state index contributed by atoms with van der Waals surface area (Å²) in [4.78, 5) is 0. The summed E-state index contributed by atoms with van der Waals surface area (Å²) in [6.07, 6.45) is 0. The molecule has 0 N–H and O–H groups in total. The van der Waals surface area contributed by atoms with Gasteiger partial charge in [-0.15, -0.1) is 0 Å². The molecule has 0 bridgehead atoms. The first kappa shape index (κ1) is 17.9. The fourth-order valence-corrected chi connectivity index (χ4v) is 4.54. The highest BCUT2D eigenvalue weighted by Crippen LogP contribution is 2.55. The lowest BCUT2D eigenvalue weighted by atomic mass is 9.71. The number of benzene rings is 1. The molecule has 2 nitrogen and oxygen atoms in total. The third kappa shape index (κ3) is 2.45. The predicted octanol–water partition coefficient (Wildman–Crippen LogP) is 5.45. The van der Waals surface area contributed by atoms with Crippen LogP contribution >= 0.6 is 0 Å². The number of hydrogen-bond donors (Lipinski definition) is 0. The number of ether oxygens (including phenoxy) is 2. The van der Waals surface area contributed by atoms with E-state index in [0.29, 0.717) is 5.92 Å². The highest BCUT2D eigenvalue weighted by atomic mass is 16.7. The molecule has 1 aromatic carbocycles. The van der Waals surface area contributed by atoms with Crippen LogP contribution in [0.15, 0.2) is 12.1 Å². The molecule has 1 saturated heterocycles. The second-order valence-corrected chi connectivity index (χ2v) is 10.1. The molecule has 134 valence electrons. The third-order valence-corrected chi connectivity index (χ3v) is 6.88. The Morgan fingerprint density at radius 1 is 0.792 bits per heavy atom. The van der Waals surface area contributed by atoms with Crippen molar-refractivity contribution in [2.45, 2.75) is 78.9 Å². The van der Waals surface area contributed by atoms with Gasteiger partial charge in [0.1, 0.15) is 0 Å². The molecule has 0 amide bonds. The Hall–Kier alpha value is -0.860. The van der Waals surface area contributed by atoms with Crippen molar-refractivity contribution in [3.05, 3.63) is 34.4 Å². The summed E-state index contributed by atoms with van der Waals surface area (Å²) in [6, 6.07) is 4.75. The molecule has 24 heavy (non-hydrogen) atoms. The van der Waals surface area contributed by atoms with Crippen molar-refractivity contribution in [3.8, 4) is 0 Å². The van der Waals surface area contributed by atoms with E-state index in [0.717, 1.165) is 13.2 Å². The smallest absolute Gasteiger partial charge is 0.192 e. The fraction of sp³-hybridized carbons (Fsp3) is 0.727. The molecule has 1 atom stereocenters. The van der Waals surface area contributed by atoms with Crippen LogP contribution in [0.1, 0.15) is 77.6 Å². The maximum Gasteiger partial charge on any atom is 0.192 e. The highest BCUT2D eigenvalue weighted by molar-refractivity contribution is 5.51. The predicted molar refractivity (Wildman–Crippen MR) is 99.4 cm³/mol. The quantitative estimate of drug-likeness (QED) is 0.682. The summed E-state index contributed by atoms with van der Waals surface area (Å²) in [5.41, 5.74) is 5.84. The summed E-state index contributed by atoms with van der Waals surface area (Å²) in [6.45, 7) is 22.0. The van der Waals surface area contributed by atoms with Gasteiger partial charge >= 0.3 is 0 Å². The van der Waals surface area contributed by atoms with E-state index >= 15 is 0 Å². The van der Waals surface area contributed by atoms with Crippen LogP contribution in [0.25, 0.3) is 0 Å². The lowest BCUT2D eigenvalue weighted by Gasteiger charge is -2.42. The molecular weight excluding hydrogens is 296 g/mol. The standard InChI is InChI=1S/C22H34O2/c1-14-10-17-18(21(7,8)15(2)20(17,5)6)11-16(14)22(9)23-12-19(3,4)13-24-22/h10-11,15H,12-13H2,1-9H3. The topological polar surface area (TPSA) is 18.5 Å². The van der Waals surface area contributed by atoms with E-state index in [1.165, 1.54) is 22.3 Å². The summed E-state index contributed by atoms with van der Waals surface area (Å²) in [7, 11) is 0. The zero-order valence-electron chi connectivity index (χ0n) is 17.0. The van der Waals surface area contributed by atoms with Crippen molar-refractivity contribution in [2.75, 3.05) is 13.2 Å². The van der Waals surface area contributed by atoms with E-state index in [4.69, 9.17) is 9.47 Å². The molecule has 3 rings (SSSR count). The van der Waals surface area contributed by atoms with Gasteiger partial charge in [-0.3, -0.25) is 0 Å². The Bertz CT molecular complexity index is 657. The van der Waals surface area contributed by atoms with Crippen LogP contribution in [-0.4, -0.2) is 13.2 Å². The summed E-state index contributed by atoms with van der Waals surface area (Å²) >= 11 is 0. The van der Waals surface area contributed by atoms with Gasteiger partial charge in [0, 0.05) is 11.0 Å². The molecule has 2 heteroatoms. The SMILES string of the molecule is Cc1cc2c(cc1C1(C)OCC(C)(C)CO1)C(C)(C)C(C)C2(C)C. The van der Waals surface area contributed by atoms with E-state index in [1.807, 2.05) is 0 Å². The molecular formula is C22H34O2. The molecule has 1 aliphatic heterocycles. The van der Waals surface area contributed by atoms with Gasteiger partial charge < -0.3 is 9.47 Å². The minimum absolute atomic E-state index is 0.0833. The first-order chi connectivity index (χ1) is 10.8. The molecule has 2 aliphatic rings. The Morgan fingerprint density at radius 3 is 1.75 bits per heavy atom. The molecule has 1 unspecified atom stereocenters. The van der Waals surface area contributed by atoms with Gasteiger partial charge in [-0.05, 0) is 53.4 Å². The monoisotopic (exact) mass is 330 g/mol. The first-order valence-electron chi connectivity index (χ1n) is 9.25. The van der Waals surface area contributed by atoms with Crippen molar-refractivity contribution in [3.63, 3.8) is 0 Å². The van der Waals surface area contributed by atoms with E-state index in [2.05, 4.69) is 74.4 Å². The van der Waals surface area contributed by atoms with Crippen LogP contribution in [0, 0.1) is 18.3 Å². The van der Waals surface area contributed by atoms with Crippen molar-refractivity contribution in [1.82, 2.24) is 0 Å². The molecule has 1 aliphatic carbocycles. The second-order valence-electron chi connectivity index (χ2n) is 10.1. The van der Waals surface area contributed by atoms with Gasteiger partial charge in [-0.25, -0.2) is 0 Å². The Balaban J connectivity index is 2.09. The van der Waals surface area contributed by atoms with Crippen molar-refractivity contribution in [2.24, 2.45) is 11.3 Å². The maximum absolute atomic E-state index is 6.23. The first-order valence-corrected chi connectivity index (χ1v) is 9.25. The van der Waals surface area contributed by atoms with Crippen LogP contribution in [0.4, 0.5) is 0 Å². The van der Waals surface area contributed by atoms with Crippen molar-refractivity contribution < 1.29 is 9.47 Å². The normalized spacial score (nSPS) is 29.3. The molecule has 1 fully saturated rings. The molecule has 0 saturated carbocycles.